The number of nitrogens with zero attached hydrogens (tertiary/aromatic N) is 3. The Labute approximate surface area is 156 Å². The zero-order valence-corrected chi connectivity index (χ0v) is 15.3. The number of carbonyl (C=O) groups excluding carboxylic acids is 1. The number of hydrazone groups is 1. The lowest BCUT2D eigenvalue weighted by molar-refractivity contribution is -0.254. The Balaban J connectivity index is 2.01. The highest BCUT2D eigenvalue weighted by Crippen LogP contribution is 2.44. The molecule has 0 radical (unpaired) electrons. The highest BCUT2D eigenvalue weighted by molar-refractivity contribution is 7.14. The summed E-state index contributed by atoms with van der Waals surface area (Å²) in [6.45, 7) is 3.56. The van der Waals surface area contributed by atoms with Crippen molar-refractivity contribution in [2.45, 2.75) is 32.2 Å². The molecule has 3 rings (SSSR count). The summed E-state index contributed by atoms with van der Waals surface area (Å²) in [5.74, 6) is -0.752. The van der Waals surface area contributed by atoms with Crippen LogP contribution in [0.1, 0.15) is 35.0 Å². The van der Waals surface area contributed by atoms with Gasteiger partial charge in [0.2, 0.25) is 5.13 Å². The highest BCUT2D eigenvalue weighted by atomic mass is 32.1. The van der Waals surface area contributed by atoms with E-state index in [1.807, 2.05) is 6.92 Å². The number of anilines is 1. The van der Waals surface area contributed by atoms with E-state index < -0.39 is 24.3 Å². The fourth-order valence-electron chi connectivity index (χ4n) is 2.53. The smallest absolute Gasteiger partial charge is 0.438 e. The second kappa shape index (κ2) is 6.93. The maximum absolute atomic E-state index is 13.6. The molecule has 1 aliphatic heterocycles. The molecule has 1 atom stereocenters. The number of esters is 1. The lowest BCUT2D eigenvalue weighted by Gasteiger charge is -2.32. The van der Waals surface area contributed by atoms with Crippen molar-refractivity contribution >= 4 is 28.1 Å². The molecule has 0 unspecified atom stereocenters. The van der Waals surface area contributed by atoms with Gasteiger partial charge in [-0.2, -0.15) is 23.3 Å². The normalized spacial score (nSPS) is 19.9. The van der Waals surface area contributed by atoms with Gasteiger partial charge in [-0.1, -0.05) is 29.8 Å². The van der Waals surface area contributed by atoms with E-state index in [4.69, 9.17) is 4.74 Å². The van der Waals surface area contributed by atoms with E-state index in [0.29, 0.717) is 10.6 Å². The van der Waals surface area contributed by atoms with Crippen molar-refractivity contribution in [3.63, 3.8) is 0 Å². The number of aliphatic hydroxyl groups is 1. The number of aryl methyl sites for hydroxylation is 1. The number of ether oxygens (including phenoxy) is 1. The number of halogens is 3. The summed E-state index contributed by atoms with van der Waals surface area (Å²) >= 11 is 0.766. The molecule has 27 heavy (non-hydrogen) atoms. The second-order valence-corrected chi connectivity index (χ2v) is 6.79. The Bertz CT molecular complexity index is 880. The van der Waals surface area contributed by atoms with Gasteiger partial charge in [-0.15, -0.1) is 11.3 Å². The van der Waals surface area contributed by atoms with Crippen LogP contribution in [0.2, 0.25) is 0 Å². The molecule has 0 bridgehead atoms. The van der Waals surface area contributed by atoms with Gasteiger partial charge in [0.25, 0.3) is 5.72 Å². The number of benzene rings is 1. The van der Waals surface area contributed by atoms with E-state index >= 15 is 0 Å². The van der Waals surface area contributed by atoms with Crippen LogP contribution >= 0.6 is 11.3 Å². The van der Waals surface area contributed by atoms with E-state index in [1.165, 1.54) is 5.38 Å². The van der Waals surface area contributed by atoms with Crippen LogP contribution in [-0.2, 0) is 4.74 Å². The summed E-state index contributed by atoms with van der Waals surface area (Å²) in [6, 6.07) is 6.77. The third-order valence-corrected chi connectivity index (χ3v) is 4.80. The van der Waals surface area contributed by atoms with Crippen LogP contribution in [0.25, 0.3) is 0 Å². The van der Waals surface area contributed by atoms with Crippen molar-refractivity contribution < 1.29 is 27.8 Å². The summed E-state index contributed by atoms with van der Waals surface area (Å²) < 4.78 is 45.7. The number of carbonyl (C=O) groups is 1. The predicted octanol–water partition coefficient (Wildman–Crippen LogP) is 3.49. The molecule has 6 nitrogen and oxygen atoms in total. The predicted molar refractivity (Wildman–Crippen MR) is 93.9 cm³/mol. The first kappa shape index (κ1) is 19.3. The molecule has 1 N–H and O–H groups in total. The Hall–Kier alpha value is -2.46. The number of hydrogen-bond donors (Lipinski definition) is 1. The average molecular weight is 399 g/mol. The van der Waals surface area contributed by atoms with E-state index in [-0.39, 0.29) is 23.1 Å². The molecule has 144 valence electrons. The fraction of sp³-hybridized carbons (Fsp3) is 0.353. The molecule has 0 fully saturated rings. The summed E-state index contributed by atoms with van der Waals surface area (Å²) in [5.41, 5.74) is -1.91. The first-order chi connectivity index (χ1) is 12.7. The van der Waals surface area contributed by atoms with Gasteiger partial charge in [0.1, 0.15) is 0 Å². The minimum absolute atomic E-state index is 0.0720. The first-order valence-electron chi connectivity index (χ1n) is 8.02. The third kappa shape index (κ3) is 3.54. The summed E-state index contributed by atoms with van der Waals surface area (Å²) in [5, 5.41) is 15.8. The molecule has 0 spiro atoms. The van der Waals surface area contributed by atoms with Crippen molar-refractivity contribution in [2.24, 2.45) is 5.10 Å². The second-order valence-electron chi connectivity index (χ2n) is 5.95. The molecule has 0 amide bonds. The summed E-state index contributed by atoms with van der Waals surface area (Å²) in [6.07, 6.45) is -5.74. The molecule has 0 saturated heterocycles. The fourth-order valence-corrected chi connectivity index (χ4v) is 3.34. The molecule has 2 heterocycles. The minimum Gasteiger partial charge on any atom is -0.461 e. The number of aromatic nitrogens is 1. The molecular weight excluding hydrogens is 383 g/mol. The van der Waals surface area contributed by atoms with E-state index in [0.717, 1.165) is 16.9 Å². The zero-order valence-electron chi connectivity index (χ0n) is 14.4. The van der Waals surface area contributed by atoms with Crippen LogP contribution in [0.5, 0.6) is 0 Å². The maximum atomic E-state index is 13.6. The van der Waals surface area contributed by atoms with Crippen molar-refractivity contribution in [3.8, 4) is 0 Å². The topological polar surface area (TPSA) is 75.0 Å². The van der Waals surface area contributed by atoms with Crippen LogP contribution in [0, 0.1) is 6.92 Å². The first-order valence-corrected chi connectivity index (χ1v) is 8.90. The minimum atomic E-state index is -4.99. The van der Waals surface area contributed by atoms with Gasteiger partial charge in [0.05, 0.1) is 18.7 Å². The van der Waals surface area contributed by atoms with Gasteiger partial charge in [-0.3, -0.25) is 0 Å². The molecule has 0 aliphatic carbocycles. The Kier molecular flexibility index (Phi) is 4.96. The number of thiazole rings is 1. The standard InChI is InChI=1S/C17H16F3N3O3S/c1-3-26-14(24)13-9-27-15(21-13)23-16(25,17(18,19)20)8-12(22-23)11-6-4-10(2)5-7-11/h4-7,9,25H,3,8H2,1-2H3/t16-/m0/s1. The number of hydrogen-bond acceptors (Lipinski definition) is 7. The van der Waals surface area contributed by atoms with Crippen LogP contribution in [0.15, 0.2) is 34.7 Å². The zero-order chi connectivity index (χ0) is 19.8. The van der Waals surface area contributed by atoms with Crippen molar-refractivity contribution in [1.29, 1.82) is 0 Å². The SMILES string of the molecule is CCOC(=O)c1csc(N2N=C(c3ccc(C)cc3)C[C@]2(O)C(F)(F)F)n1. The Morgan fingerprint density at radius 3 is 2.63 bits per heavy atom. The van der Waals surface area contributed by atoms with Gasteiger partial charge in [-0.05, 0) is 19.4 Å². The molecule has 1 aromatic heterocycles. The van der Waals surface area contributed by atoms with Gasteiger partial charge in [-0.25, -0.2) is 9.78 Å². The van der Waals surface area contributed by atoms with Crippen LogP contribution in [0.4, 0.5) is 18.3 Å². The van der Waals surface area contributed by atoms with Gasteiger partial charge in [0, 0.05) is 5.38 Å². The van der Waals surface area contributed by atoms with Gasteiger partial charge >= 0.3 is 12.1 Å². The van der Waals surface area contributed by atoms with Crippen LogP contribution in [-0.4, -0.2) is 40.3 Å². The molecule has 10 heteroatoms. The van der Waals surface area contributed by atoms with Crippen molar-refractivity contribution in [2.75, 3.05) is 11.6 Å². The van der Waals surface area contributed by atoms with E-state index in [2.05, 4.69) is 10.1 Å². The van der Waals surface area contributed by atoms with Crippen LogP contribution in [0.3, 0.4) is 0 Å². The molecule has 0 saturated carbocycles. The van der Waals surface area contributed by atoms with E-state index in [1.54, 1.807) is 31.2 Å². The van der Waals surface area contributed by atoms with Gasteiger partial charge < -0.3 is 9.84 Å². The number of alkyl halides is 3. The van der Waals surface area contributed by atoms with Gasteiger partial charge in [0.15, 0.2) is 5.69 Å². The monoisotopic (exact) mass is 399 g/mol. The number of rotatable bonds is 4. The molecular formula is C17H16F3N3O3S. The summed E-state index contributed by atoms with van der Waals surface area (Å²) in [7, 11) is 0. The average Bonchev–Trinajstić information content (AvgIpc) is 3.20. The molecule has 1 aromatic carbocycles. The summed E-state index contributed by atoms with van der Waals surface area (Å²) in [4.78, 5) is 15.6. The largest absolute Gasteiger partial charge is 0.461 e. The maximum Gasteiger partial charge on any atom is 0.438 e. The van der Waals surface area contributed by atoms with Crippen molar-refractivity contribution in [3.05, 3.63) is 46.5 Å². The molecule has 1 aliphatic rings. The lowest BCUT2D eigenvalue weighted by Crippen LogP contribution is -2.55. The Morgan fingerprint density at radius 1 is 1.37 bits per heavy atom. The van der Waals surface area contributed by atoms with Crippen molar-refractivity contribution in [1.82, 2.24) is 4.98 Å². The Morgan fingerprint density at radius 2 is 2.04 bits per heavy atom. The van der Waals surface area contributed by atoms with E-state index in [9.17, 15) is 23.1 Å². The lowest BCUT2D eigenvalue weighted by atomic mass is 10.0. The van der Waals surface area contributed by atoms with Crippen LogP contribution < -0.4 is 5.01 Å². The third-order valence-electron chi connectivity index (χ3n) is 3.98. The molecule has 2 aromatic rings. The quantitative estimate of drug-likeness (QED) is 0.797. The highest BCUT2D eigenvalue weighted by Gasteiger charge is 2.62.